The van der Waals surface area contributed by atoms with Gasteiger partial charge in [0.05, 0.1) is 6.54 Å². The van der Waals surface area contributed by atoms with Crippen molar-refractivity contribution >= 4 is 5.91 Å². The van der Waals surface area contributed by atoms with Crippen LogP contribution in [0.4, 0.5) is 0 Å². The van der Waals surface area contributed by atoms with E-state index < -0.39 is 0 Å². The van der Waals surface area contributed by atoms with E-state index in [-0.39, 0.29) is 5.91 Å². The van der Waals surface area contributed by atoms with Crippen molar-refractivity contribution in [2.75, 3.05) is 33.2 Å². The number of hydrogen-bond acceptors (Lipinski definition) is 3. The molecular formula is C15H21N3O. The molecule has 0 saturated carbocycles. The van der Waals surface area contributed by atoms with E-state index in [1.165, 1.54) is 11.1 Å². The van der Waals surface area contributed by atoms with Crippen LogP contribution in [0.5, 0.6) is 0 Å². The van der Waals surface area contributed by atoms with Gasteiger partial charge in [-0.05, 0) is 17.5 Å². The highest BCUT2D eigenvalue weighted by molar-refractivity contribution is 5.77. The van der Waals surface area contributed by atoms with Crippen molar-refractivity contribution in [3.63, 3.8) is 0 Å². The van der Waals surface area contributed by atoms with Crippen LogP contribution in [0.15, 0.2) is 24.3 Å². The van der Waals surface area contributed by atoms with Gasteiger partial charge < -0.3 is 5.32 Å². The van der Waals surface area contributed by atoms with E-state index in [1.807, 2.05) is 0 Å². The Labute approximate surface area is 114 Å². The molecule has 4 heteroatoms. The third kappa shape index (κ3) is 2.65. The van der Waals surface area contributed by atoms with Crippen LogP contribution < -0.4 is 5.32 Å². The summed E-state index contributed by atoms with van der Waals surface area (Å²) in [5, 5.41) is 2.68. The monoisotopic (exact) mass is 259 g/mol. The molecule has 3 rings (SSSR count). The number of likely N-dealkylation sites (N-methyl/N-ethyl adjacent to an activating group) is 1. The van der Waals surface area contributed by atoms with Gasteiger partial charge in [-0.2, -0.15) is 0 Å². The van der Waals surface area contributed by atoms with Crippen LogP contribution in [0.2, 0.25) is 0 Å². The summed E-state index contributed by atoms with van der Waals surface area (Å²) in [6, 6.07) is 9.36. The standard InChI is InChI=1S/C15H21N3O/c1-16-15(19)11-17-9-14(10-17)18-7-6-12-4-2-3-5-13(12)8-18/h2-5,14H,6-11H2,1H3,(H,16,19). The molecule has 0 spiro atoms. The molecule has 0 bridgehead atoms. The highest BCUT2D eigenvalue weighted by atomic mass is 16.1. The zero-order valence-electron chi connectivity index (χ0n) is 11.4. The van der Waals surface area contributed by atoms with Gasteiger partial charge in [0.15, 0.2) is 0 Å². The normalized spacial score (nSPS) is 20.7. The minimum atomic E-state index is 0.113. The van der Waals surface area contributed by atoms with Crippen LogP contribution in [-0.2, 0) is 17.8 Å². The van der Waals surface area contributed by atoms with E-state index >= 15 is 0 Å². The van der Waals surface area contributed by atoms with Crippen LogP contribution in [-0.4, -0.2) is 55.0 Å². The molecule has 0 aliphatic carbocycles. The number of amides is 1. The van der Waals surface area contributed by atoms with Crippen molar-refractivity contribution in [2.24, 2.45) is 0 Å². The van der Waals surface area contributed by atoms with Crippen molar-refractivity contribution in [1.82, 2.24) is 15.1 Å². The Morgan fingerprint density at radius 2 is 2.05 bits per heavy atom. The predicted molar refractivity (Wildman–Crippen MR) is 74.9 cm³/mol. The first-order valence-corrected chi connectivity index (χ1v) is 7.00. The van der Waals surface area contributed by atoms with E-state index in [1.54, 1.807) is 7.05 Å². The molecule has 1 aromatic rings. The zero-order valence-corrected chi connectivity index (χ0v) is 11.4. The van der Waals surface area contributed by atoms with Gasteiger partial charge in [-0.3, -0.25) is 14.6 Å². The van der Waals surface area contributed by atoms with E-state index in [0.29, 0.717) is 12.6 Å². The number of nitrogens with one attached hydrogen (secondary N) is 1. The van der Waals surface area contributed by atoms with Gasteiger partial charge in [-0.25, -0.2) is 0 Å². The fraction of sp³-hybridized carbons (Fsp3) is 0.533. The SMILES string of the molecule is CNC(=O)CN1CC(N2CCc3ccccc3C2)C1. The number of nitrogens with zero attached hydrogens (tertiary/aromatic N) is 2. The zero-order chi connectivity index (χ0) is 13.2. The number of carbonyl (C=O) groups excluding carboxylic acids is 1. The summed E-state index contributed by atoms with van der Waals surface area (Å²) in [5.74, 6) is 0.113. The number of carbonyl (C=O) groups is 1. The molecule has 1 saturated heterocycles. The first kappa shape index (κ1) is 12.6. The molecule has 1 aromatic carbocycles. The number of likely N-dealkylation sites (tertiary alicyclic amines) is 1. The Morgan fingerprint density at radius 1 is 1.32 bits per heavy atom. The van der Waals surface area contributed by atoms with Crippen LogP contribution in [0, 0.1) is 0 Å². The van der Waals surface area contributed by atoms with Crippen LogP contribution in [0.3, 0.4) is 0 Å². The smallest absolute Gasteiger partial charge is 0.233 e. The van der Waals surface area contributed by atoms with E-state index in [9.17, 15) is 4.79 Å². The average molecular weight is 259 g/mol. The minimum Gasteiger partial charge on any atom is -0.358 e. The van der Waals surface area contributed by atoms with Crippen molar-refractivity contribution in [2.45, 2.75) is 19.0 Å². The van der Waals surface area contributed by atoms with Crippen LogP contribution in [0.1, 0.15) is 11.1 Å². The summed E-state index contributed by atoms with van der Waals surface area (Å²) >= 11 is 0. The molecule has 0 atom stereocenters. The van der Waals surface area contributed by atoms with E-state index in [2.05, 4.69) is 39.4 Å². The number of rotatable bonds is 3. The van der Waals surface area contributed by atoms with Crippen molar-refractivity contribution in [3.8, 4) is 0 Å². The number of hydrogen-bond donors (Lipinski definition) is 1. The molecule has 2 aliphatic heterocycles. The Balaban J connectivity index is 1.52. The first-order chi connectivity index (χ1) is 9.26. The lowest BCUT2D eigenvalue weighted by Crippen LogP contribution is -2.61. The topological polar surface area (TPSA) is 35.6 Å². The second-order valence-corrected chi connectivity index (χ2v) is 5.51. The van der Waals surface area contributed by atoms with Crippen molar-refractivity contribution in [1.29, 1.82) is 0 Å². The maximum absolute atomic E-state index is 11.3. The summed E-state index contributed by atoms with van der Waals surface area (Å²) in [6.45, 7) is 4.80. The largest absolute Gasteiger partial charge is 0.358 e. The molecule has 0 aromatic heterocycles. The Morgan fingerprint density at radius 3 is 2.79 bits per heavy atom. The predicted octanol–water partition coefficient (Wildman–Crippen LogP) is 0.475. The van der Waals surface area contributed by atoms with Crippen molar-refractivity contribution < 1.29 is 4.79 Å². The fourth-order valence-electron chi connectivity index (χ4n) is 3.01. The molecule has 1 amide bonds. The van der Waals surface area contributed by atoms with Gasteiger partial charge in [-0.15, -0.1) is 0 Å². The molecule has 2 heterocycles. The molecule has 4 nitrogen and oxygen atoms in total. The van der Waals surface area contributed by atoms with Crippen LogP contribution in [0.25, 0.3) is 0 Å². The molecule has 0 unspecified atom stereocenters. The van der Waals surface area contributed by atoms with Gasteiger partial charge in [0.25, 0.3) is 0 Å². The molecule has 2 aliphatic rings. The highest BCUT2D eigenvalue weighted by Crippen LogP contribution is 2.23. The minimum absolute atomic E-state index is 0.113. The molecule has 0 radical (unpaired) electrons. The summed E-state index contributed by atoms with van der Waals surface area (Å²) in [5.41, 5.74) is 2.97. The van der Waals surface area contributed by atoms with Gasteiger partial charge >= 0.3 is 0 Å². The average Bonchev–Trinajstić information content (AvgIpc) is 2.41. The third-order valence-electron chi connectivity index (χ3n) is 4.26. The van der Waals surface area contributed by atoms with Gasteiger partial charge in [-0.1, -0.05) is 24.3 Å². The summed E-state index contributed by atoms with van der Waals surface area (Å²) in [4.78, 5) is 16.1. The first-order valence-electron chi connectivity index (χ1n) is 7.00. The molecule has 1 N–H and O–H groups in total. The van der Waals surface area contributed by atoms with Crippen molar-refractivity contribution in [3.05, 3.63) is 35.4 Å². The number of benzene rings is 1. The fourth-order valence-corrected chi connectivity index (χ4v) is 3.01. The second kappa shape index (κ2) is 5.31. The summed E-state index contributed by atoms with van der Waals surface area (Å²) < 4.78 is 0. The number of fused-ring (bicyclic) bond motifs is 1. The molecule has 19 heavy (non-hydrogen) atoms. The van der Waals surface area contributed by atoms with E-state index in [4.69, 9.17) is 0 Å². The van der Waals surface area contributed by atoms with Crippen LogP contribution >= 0.6 is 0 Å². The Bertz CT molecular complexity index is 468. The Hall–Kier alpha value is -1.39. The quantitative estimate of drug-likeness (QED) is 0.857. The molecule has 1 fully saturated rings. The Kier molecular flexibility index (Phi) is 3.53. The second-order valence-electron chi connectivity index (χ2n) is 5.51. The van der Waals surface area contributed by atoms with Gasteiger partial charge in [0, 0.05) is 39.3 Å². The third-order valence-corrected chi connectivity index (χ3v) is 4.26. The lowest BCUT2D eigenvalue weighted by Gasteiger charge is -2.46. The van der Waals surface area contributed by atoms with Gasteiger partial charge in [0.2, 0.25) is 5.91 Å². The summed E-state index contributed by atoms with van der Waals surface area (Å²) in [6.07, 6.45) is 1.15. The molecular weight excluding hydrogens is 238 g/mol. The lowest BCUT2D eigenvalue weighted by molar-refractivity contribution is -0.123. The lowest BCUT2D eigenvalue weighted by atomic mass is 9.96. The molecule has 102 valence electrons. The maximum Gasteiger partial charge on any atom is 0.233 e. The highest BCUT2D eigenvalue weighted by Gasteiger charge is 2.33. The maximum atomic E-state index is 11.3. The van der Waals surface area contributed by atoms with E-state index in [0.717, 1.165) is 32.6 Å². The summed E-state index contributed by atoms with van der Waals surface area (Å²) in [7, 11) is 1.70. The van der Waals surface area contributed by atoms with Gasteiger partial charge in [0.1, 0.15) is 0 Å².